The van der Waals surface area contributed by atoms with Crippen LogP contribution in [0.15, 0.2) is 30.5 Å². The number of piperazine rings is 1. The molecule has 3 fully saturated rings. The quantitative estimate of drug-likeness (QED) is 0.606. The van der Waals surface area contributed by atoms with E-state index < -0.39 is 5.60 Å². The monoisotopic (exact) mass is 548 g/mol. The van der Waals surface area contributed by atoms with E-state index in [0.29, 0.717) is 44.6 Å². The fraction of sp³-hybridized carbons (Fsp3) is 0.656. The molecule has 2 aromatic rings. The summed E-state index contributed by atoms with van der Waals surface area (Å²) in [7, 11) is 1.84. The first-order valence-corrected chi connectivity index (χ1v) is 15.4. The van der Waals surface area contributed by atoms with Gasteiger partial charge in [-0.3, -0.25) is 9.59 Å². The van der Waals surface area contributed by atoms with E-state index in [1.54, 1.807) is 9.80 Å². The Morgan fingerprint density at radius 1 is 0.875 bits per heavy atom. The number of ether oxygens (including phenoxy) is 1. The van der Waals surface area contributed by atoms with Crippen LogP contribution in [0.4, 0.5) is 0 Å². The molecule has 1 unspecified atom stereocenters. The van der Waals surface area contributed by atoms with Gasteiger partial charge in [-0.15, -0.1) is 0 Å². The molecule has 216 valence electrons. The minimum absolute atomic E-state index is 0.0173. The zero-order valence-electron chi connectivity index (χ0n) is 23.9. The van der Waals surface area contributed by atoms with Crippen LogP contribution in [0.3, 0.4) is 0 Å². The standard InChI is InChI=1S/C32H44N4O4/c1-40-26-21-31(13-7-5-3-2-4-6-8-14-31)29-33-27(23-36(29)22-26)24-9-11-25(12-10-24)28(37)34-17-19-35(20-18-34)30(38)32(39)15-16-32/h9-12,23,26,39H,2-8,13-22H2,1H3. The Morgan fingerprint density at radius 3 is 2.08 bits per heavy atom. The number of hydrogen-bond acceptors (Lipinski definition) is 5. The largest absolute Gasteiger partial charge is 0.380 e. The lowest BCUT2D eigenvalue weighted by Crippen LogP contribution is -2.53. The molecule has 1 N–H and O–H groups in total. The second kappa shape index (κ2) is 11.3. The van der Waals surface area contributed by atoms with E-state index >= 15 is 0 Å². The van der Waals surface area contributed by atoms with Crippen LogP contribution in [0.25, 0.3) is 11.3 Å². The van der Waals surface area contributed by atoms with Crippen LogP contribution < -0.4 is 0 Å². The molecular formula is C32H44N4O4. The minimum Gasteiger partial charge on any atom is -0.380 e. The van der Waals surface area contributed by atoms with Gasteiger partial charge in [-0.2, -0.15) is 0 Å². The fourth-order valence-corrected chi connectivity index (χ4v) is 7.16. The van der Waals surface area contributed by atoms with E-state index in [0.717, 1.165) is 24.2 Å². The molecule has 2 amide bonds. The molecule has 8 heteroatoms. The Kier molecular flexibility index (Phi) is 7.75. The molecule has 1 saturated heterocycles. The molecule has 40 heavy (non-hydrogen) atoms. The molecule has 2 aliphatic heterocycles. The van der Waals surface area contributed by atoms with E-state index in [2.05, 4.69) is 10.8 Å². The van der Waals surface area contributed by atoms with Gasteiger partial charge in [0.1, 0.15) is 11.4 Å². The van der Waals surface area contributed by atoms with Crippen molar-refractivity contribution in [2.24, 2.45) is 0 Å². The van der Waals surface area contributed by atoms with Gasteiger partial charge in [0.15, 0.2) is 0 Å². The van der Waals surface area contributed by atoms with E-state index in [9.17, 15) is 14.7 Å². The van der Waals surface area contributed by atoms with E-state index in [-0.39, 0.29) is 23.3 Å². The number of methoxy groups -OCH3 is 1. The van der Waals surface area contributed by atoms with Crippen molar-refractivity contribution in [3.05, 3.63) is 41.9 Å². The molecule has 3 heterocycles. The molecule has 2 aliphatic carbocycles. The summed E-state index contributed by atoms with van der Waals surface area (Å²) in [5, 5.41) is 10.1. The lowest BCUT2D eigenvalue weighted by Gasteiger charge is -2.41. The molecule has 6 rings (SSSR count). The number of imidazole rings is 1. The highest BCUT2D eigenvalue weighted by Gasteiger charge is 2.50. The minimum atomic E-state index is -1.15. The Hall–Kier alpha value is -2.71. The molecule has 2 saturated carbocycles. The highest BCUT2D eigenvalue weighted by molar-refractivity contribution is 5.95. The van der Waals surface area contributed by atoms with Crippen LogP contribution in [-0.2, 0) is 21.5 Å². The third-order valence-electron chi connectivity index (χ3n) is 9.82. The van der Waals surface area contributed by atoms with Gasteiger partial charge in [0.2, 0.25) is 0 Å². The predicted molar refractivity (Wildman–Crippen MR) is 153 cm³/mol. The first kappa shape index (κ1) is 27.5. The lowest BCUT2D eigenvalue weighted by molar-refractivity contribution is -0.143. The number of aromatic nitrogens is 2. The number of carbonyl (C=O) groups excluding carboxylic acids is 2. The van der Waals surface area contributed by atoms with Gasteiger partial charge >= 0.3 is 0 Å². The number of aliphatic hydroxyl groups is 1. The van der Waals surface area contributed by atoms with Gasteiger partial charge in [-0.05, 0) is 44.2 Å². The summed E-state index contributed by atoms with van der Waals surface area (Å²) < 4.78 is 8.28. The fourth-order valence-electron chi connectivity index (χ4n) is 7.16. The normalized spacial score (nSPS) is 24.4. The van der Waals surface area contributed by atoms with Gasteiger partial charge in [-0.1, -0.05) is 57.1 Å². The average molecular weight is 549 g/mol. The second-order valence-electron chi connectivity index (χ2n) is 12.6. The molecule has 1 aromatic heterocycles. The van der Waals surface area contributed by atoms with E-state index in [1.807, 2.05) is 31.4 Å². The van der Waals surface area contributed by atoms with Crippen LogP contribution in [-0.4, -0.2) is 81.3 Å². The Morgan fingerprint density at radius 2 is 1.48 bits per heavy atom. The summed E-state index contributed by atoms with van der Waals surface area (Å²) in [4.78, 5) is 34.4. The summed E-state index contributed by atoms with van der Waals surface area (Å²) in [6.07, 6.45) is 16.0. The van der Waals surface area contributed by atoms with Crippen molar-refractivity contribution in [1.29, 1.82) is 0 Å². The van der Waals surface area contributed by atoms with Gasteiger partial charge in [-0.25, -0.2) is 4.98 Å². The summed E-state index contributed by atoms with van der Waals surface area (Å²) in [6, 6.07) is 7.82. The molecular weight excluding hydrogens is 504 g/mol. The van der Waals surface area contributed by atoms with Crippen molar-refractivity contribution in [3.8, 4) is 11.3 Å². The van der Waals surface area contributed by atoms with Crippen molar-refractivity contribution in [2.75, 3.05) is 33.3 Å². The zero-order chi connectivity index (χ0) is 27.7. The third kappa shape index (κ3) is 5.45. The number of fused-ring (bicyclic) bond motifs is 2. The third-order valence-corrected chi connectivity index (χ3v) is 9.82. The number of hydrogen-bond donors (Lipinski definition) is 1. The smallest absolute Gasteiger partial charge is 0.254 e. The molecule has 0 bridgehead atoms. The van der Waals surface area contributed by atoms with Gasteiger partial charge < -0.3 is 24.2 Å². The van der Waals surface area contributed by atoms with Crippen LogP contribution in [0, 0.1) is 0 Å². The van der Waals surface area contributed by atoms with Crippen LogP contribution >= 0.6 is 0 Å². The first-order valence-electron chi connectivity index (χ1n) is 15.4. The highest BCUT2D eigenvalue weighted by atomic mass is 16.5. The number of nitrogens with zero attached hydrogens (tertiary/aromatic N) is 4. The molecule has 8 nitrogen and oxygen atoms in total. The second-order valence-corrected chi connectivity index (χ2v) is 12.6. The van der Waals surface area contributed by atoms with Crippen molar-refractivity contribution in [3.63, 3.8) is 0 Å². The number of rotatable bonds is 4. The van der Waals surface area contributed by atoms with Crippen molar-refractivity contribution in [1.82, 2.24) is 19.4 Å². The lowest BCUT2D eigenvalue weighted by atomic mass is 9.71. The van der Waals surface area contributed by atoms with Crippen LogP contribution in [0.1, 0.15) is 93.2 Å². The Balaban J connectivity index is 1.16. The van der Waals surface area contributed by atoms with Crippen LogP contribution in [0.5, 0.6) is 0 Å². The molecule has 1 spiro atoms. The highest BCUT2D eigenvalue weighted by Crippen LogP contribution is 2.44. The Labute approximate surface area is 237 Å². The zero-order valence-corrected chi connectivity index (χ0v) is 23.9. The summed E-state index contributed by atoms with van der Waals surface area (Å²) >= 11 is 0. The summed E-state index contributed by atoms with van der Waals surface area (Å²) in [5.74, 6) is 1.02. The van der Waals surface area contributed by atoms with Crippen LogP contribution in [0.2, 0.25) is 0 Å². The maximum Gasteiger partial charge on any atom is 0.254 e. The maximum atomic E-state index is 13.2. The summed E-state index contributed by atoms with van der Waals surface area (Å²) in [6.45, 7) is 2.74. The Bertz CT molecular complexity index is 1200. The van der Waals surface area contributed by atoms with E-state index in [4.69, 9.17) is 9.72 Å². The number of amides is 2. The predicted octanol–water partition coefficient (Wildman–Crippen LogP) is 4.54. The maximum absolute atomic E-state index is 13.2. The van der Waals surface area contributed by atoms with Crippen molar-refractivity contribution >= 4 is 11.8 Å². The SMILES string of the molecule is COC1Cn2cc(-c3ccc(C(=O)N4CCN(C(=O)C5(O)CC5)CC4)cc3)nc2C2(CCCCCCCCC2)C1. The molecule has 1 aromatic carbocycles. The van der Waals surface area contributed by atoms with Gasteiger partial charge in [0, 0.05) is 56.0 Å². The number of benzene rings is 1. The van der Waals surface area contributed by atoms with Crippen molar-refractivity contribution in [2.45, 2.75) is 101 Å². The molecule has 0 radical (unpaired) electrons. The molecule has 1 atom stereocenters. The average Bonchev–Trinajstić information content (AvgIpc) is 3.59. The van der Waals surface area contributed by atoms with E-state index in [1.165, 1.54) is 63.6 Å². The van der Waals surface area contributed by atoms with Crippen molar-refractivity contribution < 1.29 is 19.4 Å². The number of carbonyl (C=O) groups is 2. The summed E-state index contributed by atoms with van der Waals surface area (Å²) in [5.41, 5.74) is 1.56. The molecule has 4 aliphatic rings. The topological polar surface area (TPSA) is 87.9 Å². The van der Waals surface area contributed by atoms with Gasteiger partial charge in [0.05, 0.1) is 18.3 Å². The first-order chi connectivity index (χ1) is 19.4. The van der Waals surface area contributed by atoms with Gasteiger partial charge in [0.25, 0.3) is 11.8 Å².